The summed E-state index contributed by atoms with van der Waals surface area (Å²) < 4.78 is 10.4. The standard InChI is InChI=1S/C18H28O5/c1-12(2)10-17(22-13(3)19)18(23-14(4)20)16(21)11-15-8-6-5-7-9-15/h10,15,17-18H,5-9,11H2,1-4H3/t17-,18-/m0/s1. The van der Waals surface area contributed by atoms with E-state index in [0.29, 0.717) is 12.3 Å². The van der Waals surface area contributed by atoms with Crippen LogP contribution < -0.4 is 0 Å². The number of ether oxygens (including phenoxy) is 2. The third-order valence-corrected chi connectivity index (χ3v) is 3.92. The number of Topliss-reactive ketones (excluding diaryl/α,β-unsaturated/α-hetero) is 1. The van der Waals surface area contributed by atoms with Gasteiger partial charge in [0.1, 0.15) is 0 Å². The van der Waals surface area contributed by atoms with Crippen LogP contribution in [0, 0.1) is 5.92 Å². The summed E-state index contributed by atoms with van der Waals surface area (Å²) in [5.41, 5.74) is 0.888. The highest BCUT2D eigenvalue weighted by Gasteiger charge is 2.33. The van der Waals surface area contributed by atoms with E-state index in [2.05, 4.69) is 0 Å². The predicted octanol–water partition coefficient (Wildman–Crippen LogP) is 3.36. The first-order valence-corrected chi connectivity index (χ1v) is 8.31. The monoisotopic (exact) mass is 324 g/mol. The molecule has 0 N–H and O–H groups in total. The lowest BCUT2D eigenvalue weighted by atomic mass is 9.84. The Bertz CT molecular complexity index is 456. The maximum Gasteiger partial charge on any atom is 0.303 e. The Hall–Kier alpha value is -1.65. The number of esters is 2. The highest BCUT2D eigenvalue weighted by Crippen LogP contribution is 2.28. The fraction of sp³-hybridized carbons (Fsp3) is 0.722. The molecule has 0 aromatic rings. The average Bonchev–Trinajstić information content (AvgIpc) is 2.43. The first kappa shape index (κ1) is 19.4. The van der Waals surface area contributed by atoms with Crippen molar-refractivity contribution in [3.63, 3.8) is 0 Å². The van der Waals surface area contributed by atoms with Crippen molar-refractivity contribution in [2.24, 2.45) is 5.92 Å². The van der Waals surface area contributed by atoms with Crippen LogP contribution in [0.5, 0.6) is 0 Å². The molecule has 130 valence electrons. The van der Waals surface area contributed by atoms with Crippen molar-refractivity contribution < 1.29 is 23.9 Å². The molecule has 0 radical (unpaired) electrons. The second-order valence-corrected chi connectivity index (χ2v) is 6.52. The minimum atomic E-state index is -1.06. The molecule has 0 heterocycles. The number of allylic oxidation sites excluding steroid dienone is 1. The van der Waals surface area contributed by atoms with Crippen molar-refractivity contribution in [3.8, 4) is 0 Å². The van der Waals surface area contributed by atoms with E-state index in [0.717, 1.165) is 31.3 Å². The fourth-order valence-corrected chi connectivity index (χ4v) is 2.99. The summed E-state index contributed by atoms with van der Waals surface area (Å²) in [7, 11) is 0. The van der Waals surface area contributed by atoms with Gasteiger partial charge in [0.15, 0.2) is 18.0 Å². The van der Waals surface area contributed by atoms with Gasteiger partial charge in [0.05, 0.1) is 0 Å². The topological polar surface area (TPSA) is 69.7 Å². The van der Waals surface area contributed by atoms with Crippen LogP contribution in [0.4, 0.5) is 0 Å². The van der Waals surface area contributed by atoms with Gasteiger partial charge in [-0.15, -0.1) is 0 Å². The van der Waals surface area contributed by atoms with Crippen molar-refractivity contribution >= 4 is 17.7 Å². The summed E-state index contributed by atoms with van der Waals surface area (Å²) in [6.45, 7) is 6.22. The summed E-state index contributed by atoms with van der Waals surface area (Å²) >= 11 is 0. The van der Waals surface area contributed by atoms with Gasteiger partial charge in [-0.05, 0) is 25.8 Å². The van der Waals surface area contributed by atoms with Gasteiger partial charge in [-0.25, -0.2) is 0 Å². The van der Waals surface area contributed by atoms with Crippen LogP contribution >= 0.6 is 0 Å². The number of hydrogen-bond acceptors (Lipinski definition) is 5. The molecule has 0 bridgehead atoms. The molecule has 0 aliphatic heterocycles. The Labute approximate surface area is 138 Å². The Kier molecular flexibility index (Phi) is 8.00. The number of carbonyl (C=O) groups excluding carboxylic acids is 3. The molecule has 23 heavy (non-hydrogen) atoms. The summed E-state index contributed by atoms with van der Waals surface area (Å²) in [5, 5.41) is 0. The molecule has 1 aliphatic rings. The van der Waals surface area contributed by atoms with Gasteiger partial charge in [0.2, 0.25) is 0 Å². The fourth-order valence-electron chi connectivity index (χ4n) is 2.99. The normalized spacial score (nSPS) is 17.7. The number of hydrogen-bond donors (Lipinski definition) is 0. The smallest absolute Gasteiger partial charge is 0.303 e. The van der Waals surface area contributed by atoms with E-state index in [9.17, 15) is 14.4 Å². The molecule has 0 saturated heterocycles. The van der Waals surface area contributed by atoms with E-state index in [1.54, 1.807) is 6.08 Å². The maximum absolute atomic E-state index is 12.7. The Morgan fingerprint density at radius 3 is 2.00 bits per heavy atom. The van der Waals surface area contributed by atoms with Crippen LogP contribution in [0.2, 0.25) is 0 Å². The zero-order valence-electron chi connectivity index (χ0n) is 14.6. The second-order valence-electron chi connectivity index (χ2n) is 6.52. The molecule has 0 amide bonds. The Balaban J connectivity index is 2.89. The van der Waals surface area contributed by atoms with E-state index in [1.165, 1.54) is 20.3 Å². The molecule has 1 fully saturated rings. The number of rotatable bonds is 7. The van der Waals surface area contributed by atoms with Crippen LogP contribution in [0.15, 0.2) is 11.6 Å². The highest BCUT2D eigenvalue weighted by atomic mass is 16.6. The summed E-state index contributed by atoms with van der Waals surface area (Å²) in [6.07, 6.45) is 5.64. The predicted molar refractivity (Wildman–Crippen MR) is 86.7 cm³/mol. The van der Waals surface area contributed by atoms with Gasteiger partial charge in [0, 0.05) is 20.3 Å². The average molecular weight is 324 g/mol. The SMILES string of the molecule is CC(=O)O[C@@H](C=C(C)C)[C@@H](OC(C)=O)C(=O)CC1CCCCC1. The summed E-state index contributed by atoms with van der Waals surface area (Å²) in [5.74, 6) is -0.892. The molecule has 0 spiro atoms. The van der Waals surface area contributed by atoms with E-state index in [4.69, 9.17) is 9.47 Å². The first-order chi connectivity index (χ1) is 10.8. The van der Waals surface area contributed by atoms with Crippen molar-refractivity contribution in [1.82, 2.24) is 0 Å². The zero-order chi connectivity index (χ0) is 17.4. The minimum absolute atomic E-state index is 0.171. The van der Waals surface area contributed by atoms with E-state index < -0.39 is 24.1 Å². The van der Waals surface area contributed by atoms with Gasteiger partial charge in [-0.3, -0.25) is 14.4 Å². The van der Waals surface area contributed by atoms with Gasteiger partial charge in [-0.2, -0.15) is 0 Å². The van der Waals surface area contributed by atoms with Crippen LogP contribution in [-0.4, -0.2) is 29.9 Å². The maximum atomic E-state index is 12.7. The molecule has 0 aromatic carbocycles. The molecular weight excluding hydrogens is 296 g/mol. The molecule has 1 aliphatic carbocycles. The van der Waals surface area contributed by atoms with Gasteiger partial charge < -0.3 is 9.47 Å². The van der Waals surface area contributed by atoms with Gasteiger partial charge in [-0.1, -0.05) is 37.7 Å². The third-order valence-electron chi connectivity index (χ3n) is 3.92. The first-order valence-electron chi connectivity index (χ1n) is 8.31. The van der Waals surface area contributed by atoms with Crippen molar-refractivity contribution in [2.75, 3.05) is 0 Å². The molecule has 0 aromatic heterocycles. The lowest BCUT2D eigenvalue weighted by Crippen LogP contribution is -2.40. The Morgan fingerprint density at radius 2 is 1.52 bits per heavy atom. The van der Waals surface area contributed by atoms with Crippen LogP contribution in [-0.2, 0) is 23.9 Å². The quantitative estimate of drug-likeness (QED) is 0.530. The van der Waals surface area contributed by atoms with E-state index >= 15 is 0 Å². The zero-order valence-corrected chi connectivity index (χ0v) is 14.6. The molecule has 5 heteroatoms. The number of ketones is 1. The molecule has 5 nitrogen and oxygen atoms in total. The van der Waals surface area contributed by atoms with Crippen molar-refractivity contribution in [3.05, 3.63) is 11.6 Å². The Morgan fingerprint density at radius 1 is 0.957 bits per heavy atom. The largest absolute Gasteiger partial charge is 0.454 e. The second kappa shape index (κ2) is 9.48. The lowest BCUT2D eigenvalue weighted by molar-refractivity contribution is -0.166. The summed E-state index contributed by atoms with van der Waals surface area (Å²) in [4.78, 5) is 35.4. The van der Waals surface area contributed by atoms with Crippen molar-refractivity contribution in [1.29, 1.82) is 0 Å². The minimum Gasteiger partial charge on any atom is -0.454 e. The highest BCUT2D eigenvalue weighted by molar-refractivity contribution is 5.86. The molecule has 1 rings (SSSR count). The third kappa shape index (κ3) is 7.44. The molecule has 2 atom stereocenters. The summed E-state index contributed by atoms with van der Waals surface area (Å²) in [6, 6.07) is 0. The van der Waals surface area contributed by atoms with E-state index in [1.807, 2.05) is 13.8 Å². The molecule has 0 unspecified atom stereocenters. The number of carbonyl (C=O) groups is 3. The van der Waals surface area contributed by atoms with Crippen LogP contribution in [0.1, 0.15) is 66.2 Å². The van der Waals surface area contributed by atoms with E-state index in [-0.39, 0.29) is 5.78 Å². The van der Waals surface area contributed by atoms with Crippen LogP contribution in [0.3, 0.4) is 0 Å². The lowest BCUT2D eigenvalue weighted by Gasteiger charge is -2.26. The van der Waals surface area contributed by atoms with Crippen molar-refractivity contribution in [2.45, 2.75) is 78.4 Å². The molecular formula is C18H28O5. The van der Waals surface area contributed by atoms with Gasteiger partial charge in [0.25, 0.3) is 0 Å². The van der Waals surface area contributed by atoms with Crippen LogP contribution in [0.25, 0.3) is 0 Å². The molecule has 1 saturated carbocycles. The van der Waals surface area contributed by atoms with Gasteiger partial charge >= 0.3 is 11.9 Å².